The van der Waals surface area contributed by atoms with Gasteiger partial charge in [-0.25, -0.2) is 10.2 Å². The summed E-state index contributed by atoms with van der Waals surface area (Å²) in [5.74, 6) is -0.406. The van der Waals surface area contributed by atoms with Crippen LogP contribution in [0.2, 0.25) is 5.02 Å². The standard InChI is InChI=1S/C20H21ClN4O5/c1-3-29-20(28)25-22-14-5-4-6-15-16(14)11(2)17(30-15)19(27)24-23-18(26)12-7-9-13(21)10-8-12/h7-10H,3-6H2,1-2H3,(H,23,26)(H,24,27)(H,25,28)/b22-14+. The Kier molecular flexibility index (Phi) is 6.73. The Labute approximate surface area is 177 Å². The van der Waals surface area contributed by atoms with E-state index in [9.17, 15) is 14.4 Å². The molecule has 1 aliphatic rings. The molecule has 0 atom stereocenters. The summed E-state index contributed by atoms with van der Waals surface area (Å²) in [6.45, 7) is 3.66. The van der Waals surface area contributed by atoms with Crippen molar-refractivity contribution in [3.63, 3.8) is 0 Å². The molecule has 0 saturated carbocycles. The van der Waals surface area contributed by atoms with Gasteiger partial charge in [0, 0.05) is 28.1 Å². The lowest BCUT2D eigenvalue weighted by Crippen LogP contribution is -2.41. The number of hydrogen-bond acceptors (Lipinski definition) is 6. The second-order valence-corrected chi connectivity index (χ2v) is 6.95. The van der Waals surface area contributed by atoms with Gasteiger partial charge in [-0.05, 0) is 51.0 Å². The van der Waals surface area contributed by atoms with E-state index in [0.717, 1.165) is 6.42 Å². The van der Waals surface area contributed by atoms with E-state index in [2.05, 4.69) is 21.4 Å². The van der Waals surface area contributed by atoms with Crippen molar-refractivity contribution in [2.24, 2.45) is 5.10 Å². The Balaban J connectivity index is 1.72. The lowest BCUT2D eigenvalue weighted by Gasteiger charge is -2.13. The largest absolute Gasteiger partial charge is 0.455 e. The smallest absolute Gasteiger partial charge is 0.427 e. The number of carbonyl (C=O) groups excluding carboxylic acids is 3. The van der Waals surface area contributed by atoms with Crippen molar-refractivity contribution >= 4 is 35.2 Å². The Bertz CT molecular complexity index is 997. The van der Waals surface area contributed by atoms with Crippen LogP contribution < -0.4 is 16.3 Å². The molecule has 3 N–H and O–H groups in total. The van der Waals surface area contributed by atoms with E-state index < -0.39 is 17.9 Å². The highest BCUT2D eigenvalue weighted by molar-refractivity contribution is 6.30. The van der Waals surface area contributed by atoms with Gasteiger partial charge in [0.2, 0.25) is 0 Å². The predicted molar refractivity (Wildman–Crippen MR) is 109 cm³/mol. The molecule has 1 aliphatic carbocycles. The average molecular weight is 433 g/mol. The van der Waals surface area contributed by atoms with Crippen molar-refractivity contribution in [1.82, 2.24) is 16.3 Å². The molecule has 0 fully saturated rings. The lowest BCUT2D eigenvalue weighted by atomic mass is 9.93. The van der Waals surface area contributed by atoms with Crippen molar-refractivity contribution in [3.05, 3.63) is 57.5 Å². The van der Waals surface area contributed by atoms with Gasteiger partial charge >= 0.3 is 12.0 Å². The summed E-state index contributed by atoms with van der Waals surface area (Å²) < 4.78 is 10.5. The number of amides is 3. The SMILES string of the molecule is CCOC(=O)N/N=C1\CCCc2oc(C(=O)NNC(=O)c3ccc(Cl)cc3)c(C)c21. The molecule has 0 aliphatic heterocycles. The van der Waals surface area contributed by atoms with Gasteiger partial charge < -0.3 is 9.15 Å². The molecule has 3 amide bonds. The number of nitrogens with one attached hydrogen (secondary N) is 3. The van der Waals surface area contributed by atoms with Crippen molar-refractivity contribution in [2.75, 3.05) is 6.61 Å². The number of ether oxygens (including phenoxy) is 1. The minimum absolute atomic E-state index is 0.0714. The van der Waals surface area contributed by atoms with Gasteiger partial charge in [-0.15, -0.1) is 0 Å². The number of carbonyl (C=O) groups is 3. The molecular formula is C20H21ClN4O5. The van der Waals surface area contributed by atoms with Gasteiger partial charge in [-0.3, -0.25) is 20.4 Å². The van der Waals surface area contributed by atoms with E-state index in [1.54, 1.807) is 38.1 Å². The number of benzene rings is 1. The summed E-state index contributed by atoms with van der Waals surface area (Å²) in [4.78, 5) is 36.2. The first-order chi connectivity index (χ1) is 14.4. The maximum Gasteiger partial charge on any atom is 0.427 e. The molecule has 0 bridgehead atoms. The van der Waals surface area contributed by atoms with E-state index in [-0.39, 0.29) is 12.4 Å². The summed E-state index contributed by atoms with van der Waals surface area (Å²) >= 11 is 5.80. The van der Waals surface area contributed by atoms with Crippen LogP contribution in [0.4, 0.5) is 4.79 Å². The molecule has 9 nitrogen and oxygen atoms in total. The highest BCUT2D eigenvalue weighted by Crippen LogP contribution is 2.29. The van der Waals surface area contributed by atoms with E-state index in [1.165, 1.54) is 0 Å². The topological polar surface area (TPSA) is 122 Å². The summed E-state index contributed by atoms with van der Waals surface area (Å²) in [6.07, 6.45) is 1.37. The number of hydrogen-bond donors (Lipinski definition) is 3. The van der Waals surface area contributed by atoms with E-state index >= 15 is 0 Å². The minimum Gasteiger partial charge on any atom is -0.455 e. The molecule has 3 rings (SSSR count). The predicted octanol–water partition coefficient (Wildman–Crippen LogP) is 3.10. The molecule has 30 heavy (non-hydrogen) atoms. The van der Waals surface area contributed by atoms with Gasteiger partial charge in [0.25, 0.3) is 5.91 Å². The second kappa shape index (κ2) is 9.45. The molecular weight excluding hydrogens is 412 g/mol. The van der Waals surface area contributed by atoms with Crippen LogP contribution >= 0.6 is 11.6 Å². The molecule has 1 heterocycles. The lowest BCUT2D eigenvalue weighted by molar-refractivity contribution is 0.0829. The normalized spacial score (nSPS) is 14.0. The number of rotatable bonds is 4. The molecule has 158 valence electrons. The van der Waals surface area contributed by atoms with Crippen LogP contribution in [0, 0.1) is 6.92 Å². The van der Waals surface area contributed by atoms with Gasteiger partial charge in [0.05, 0.1) is 12.3 Å². The van der Waals surface area contributed by atoms with Crippen LogP contribution in [-0.4, -0.2) is 30.2 Å². The summed E-state index contributed by atoms with van der Waals surface area (Å²) in [5.41, 5.74) is 9.25. The van der Waals surface area contributed by atoms with Gasteiger partial charge in [0.15, 0.2) is 5.76 Å². The molecule has 0 unspecified atom stereocenters. The third-order valence-corrected chi connectivity index (χ3v) is 4.74. The van der Waals surface area contributed by atoms with Crippen LogP contribution in [0.3, 0.4) is 0 Å². The molecule has 10 heteroatoms. The highest BCUT2D eigenvalue weighted by Gasteiger charge is 2.28. The molecule has 0 saturated heterocycles. The molecule has 2 aromatic rings. The van der Waals surface area contributed by atoms with E-state index in [1.807, 2.05) is 0 Å². The van der Waals surface area contributed by atoms with Crippen molar-refractivity contribution in [3.8, 4) is 0 Å². The third-order valence-electron chi connectivity index (χ3n) is 4.49. The quantitative estimate of drug-likeness (QED) is 0.641. The number of nitrogens with zero attached hydrogens (tertiary/aromatic N) is 1. The van der Waals surface area contributed by atoms with Crippen LogP contribution in [0.5, 0.6) is 0 Å². The monoisotopic (exact) mass is 432 g/mol. The van der Waals surface area contributed by atoms with Crippen molar-refractivity contribution in [1.29, 1.82) is 0 Å². The Hall–Kier alpha value is -3.33. The first-order valence-corrected chi connectivity index (χ1v) is 9.76. The number of hydrazone groups is 1. The van der Waals surface area contributed by atoms with Crippen LogP contribution in [-0.2, 0) is 11.2 Å². The fourth-order valence-corrected chi connectivity index (χ4v) is 3.24. The first kappa shape index (κ1) is 21.4. The zero-order valence-corrected chi connectivity index (χ0v) is 17.3. The highest BCUT2D eigenvalue weighted by atomic mass is 35.5. The van der Waals surface area contributed by atoms with E-state index in [0.29, 0.717) is 46.0 Å². The van der Waals surface area contributed by atoms with E-state index in [4.69, 9.17) is 20.8 Å². The maximum atomic E-state index is 12.6. The third kappa shape index (κ3) is 4.80. The van der Waals surface area contributed by atoms with Crippen LogP contribution in [0.1, 0.15) is 57.6 Å². The fourth-order valence-electron chi connectivity index (χ4n) is 3.12. The zero-order valence-electron chi connectivity index (χ0n) is 16.5. The summed E-state index contributed by atoms with van der Waals surface area (Å²) in [5, 5.41) is 4.62. The van der Waals surface area contributed by atoms with Crippen molar-refractivity contribution in [2.45, 2.75) is 33.1 Å². The number of aryl methyl sites for hydroxylation is 1. The second-order valence-electron chi connectivity index (χ2n) is 6.51. The Morgan fingerprint density at radius 3 is 2.53 bits per heavy atom. The number of furan rings is 1. The van der Waals surface area contributed by atoms with Gasteiger partial charge in [-0.2, -0.15) is 5.10 Å². The van der Waals surface area contributed by atoms with Gasteiger partial charge in [0.1, 0.15) is 5.76 Å². The maximum absolute atomic E-state index is 12.6. The number of halogens is 1. The Morgan fingerprint density at radius 1 is 1.13 bits per heavy atom. The first-order valence-electron chi connectivity index (χ1n) is 9.39. The van der Waals surface area contributed by atoms with Crippen LogP contribution in [0.25, 0.3) is 0 Å². The van der Waals surface area contributed by atoms with Crippen LogP contribution in [0.15, 0.2) is 33.8 Å². The number of hydrazine groups is 1. The summed E-state index contributed by atoms with van der Waals surface area (Å²) in [7, 11) is 0. The van der Waals surface area contributed by atoms with Crippen molar-refractivity contribution < 1.29 is 23.5 Å². The number of fused-ring (bicyclic) bond motifs is 1. The Morgan fingerprint density at radius 2 is 1.83 bits per heavy atom. The minimum atomic E-state index is -0.652. The summed E-state index contributed by atoms with van der Waals surface area (Å²) in [6, 6.07) is 6.24. The fraction of sp³-hybridized carbons (Fsp3) is 0.300. The van der Waals surface area contributed by atoms with Gasteiger partial charge in [-0.1, -0.05) is 11.6 Å². The average Bonchev–Trinajstić information content (AvgIpc) is 3.08. The zero-order chi connectivity index (χ0) is 21.7. The molecule has 1 aromatic heterocycles. The molecule has 0 spiro atoms. The molecule has 0 radical (unpaired) electrons. The molecule has 1 aromatic carbocycles.